The van der Waals surface area contributed by atoms with E-state index in [9.17, 15) is 4.79 Å². The van der Waals surface area contributed by atoms with E-state index in [4.69, 9.17) is 10.9 Å². The quantitative estimate of drug-likeness (QED) is 0.310. The van der Waals surface area contributed by atoms with Gasteiger partial charge in [-0.3, -0.25) is 4.79 Å². The van der Waals surface area contributed by atoms with Crippen LogP contribution in [-0.4, -0.2) is 42.0 Å². The lowest BCUT2D eigenvalue weighted by Crippen LogP contribution is -2.41. The number of carbonyl (C=O) groups excluding carboxylic acids is 1. The molecule has 0 bridgehead atoms. The molecule has 1 aromatic carbocycles. The maximum Gasteiger partial charge on any atom is 0.238 e. The summed E-state index contributed by atoms with van der Waals surface area (Å²) in [5.41, 5.74) is 7.15. The van der Waals surface area contributed by atoms with E-state index in [2.05, 4.69) is 10.5 Å². The lowest BCUT2D eigenvalue weighted by molar-refractivity contribution is -0.130. The number of benzene rings is 1. The largest absolute Gasteiger partial charge is 0.409 e. The average molecular weight is 264 g/mol. The third-order valence-corrected chi connectivity index (χ3v) is 2.78. The molecular formula is C13H20N4O2. The Bertz CT molecular complexity index is 454. The van der Waals surface area contributed by atoms with Gasteiger partial charge in [-0.2, -0.15) is 0 Å². The van der Waals surface area contributed by atoms with Crippen LogP contribution in [0.2, 0.25) is 0 Å². The fourth-order valence-electron chi connectivity index (χ4n) is 1.60. The summed E-state index contributed by atoms with van der Waals surface area (Å²) in [5.74, 6) is 0.115. The van der Waals surface area contributed by atoms with E-state index < -0.39 is 0 Å². The minimum Gasteiger partial charge on any atom is -0.409 e. The van der Waals surface area contributed by atoms with E-state index in [1.807, 2.05) is 19.1 Å². The van der Waals surface area contributed by atoms with Gasteiger partial charge in [0.15, 0.2) is 5.84 Å². The number of amides is 1. The van der Waals surface area contributed by atoms with Crippen molar-refractivity contribution in [2.45, 2.75) is 19.5 Å². The highest BCUT2D eigenvalue weighted by atomic mass is 16.4. The maximum atomic E-state index is 11.6. The summed E-state index contributed by atoms with van der Waals surface area (Å²) in [6.07, 6.45) is 0. The molecule has 0 saturated heterocycles. The molecule has 0 heterocycles. The van der Waals surface area contributed by atoms with Crippen LogP contribution in [-0.2, 0) is 11.3 Å². The Hall–Kier alpha value is -2.08. The van der Waals surface area contributed by atoms with Crippen LogP contribution in [0.5, 0.6) is 0 Å². The monoisotopic (exact) mass is 264 g/mol. The first-order valence-electron chi connectivity index (χ1n) is 5.97. The van der Waals surface area contributed by atoms with E-state index in [0.717, 1.165) is 5.56 Å². The number of nitrogens with zero attached hydrogens (tertiary/aromatic N) is 2. The van der Waals surface area contributed by atoms with Crippen LogP contribution < -0.4 is 11.1 Å². The molecular weight excluding hydrogens is 244 g/mol. The molecule has 0 aliphatic rings. The highest BCUT2D eigenvalue weighted by Crippen LogP contribution is 2.04. The summed E-state index contributed by atoms with van der Waals surface area (Å²) in [6, 6.07) is 7.04. The number of rotatable bonds is 5. The van der Waals surface area contributed by atoms with Gasteiger partial charge in [-0.05, 0) is 12.5 Å². The van der Waals surface area contributed by atoms with Crippen LogP contribution in [0, 0.1) is 0 Å². The van der Waals surface area contributed by atoms with Crippen LogP contribution in [0.3, 0.4) is 0 Å². The molecule has 6 heteroatoms. The van der Waals surface area contributed by atoms with Gasteiger partial charge in [0.25, 0.3) is 0 Å². The second kappa shape index (κ2) is 6.75. The number of hydrogen-bond acceptors (Lipinski definition) is 4. The second-order valence-corrected chi connectivity index (χ2v) is 4.52. The number of oxime groups is 1. The van der Waals surface area contributed by atoms with Crippen molar-refractivity contribution < 1.29 is 10.0 Å². The van der Waals surface area contributed by atoms with E-state index in [1.165, 1.54) is 0 Å². The average Bonchev–Trinajstić information content (AvgIpc) is 2.43. The summed E-state index contributed by atoms with van der Waals surface area (Å²) < 4.78 is 0. The van der Waals surface area contributed by atoms with Gasteiger partial charge in [-0.15, -0.1) is 0 Å². The predicted octanol–water partition coefficient (Wildman–Crippen LogP) is 0.347. The van der Waals surface area contributed by atoms with Crippen LogP contribution >= 0.6 is 0 Å². The minimum absolute atomic E-state index is 0.0354. The van der Waals surface area contributed by atoms with Gasteiger partial charge in [-0.25, -0.2) is 0 Å². The molecule has 1 atom stereocenters. The normalized spacial score (nSPS) is 13.1. The van der Waals surface area contributed by atoms with Crippen molar-refractivity contribution in [1.29, 1.82) is 0 Å². The van der Waals surface area contributed by atoms with E-state index in [-0.39, 0.29) is 17.8 Å². The molecule has 0 aliphatic carbocycles. The van der Waals surface area contributed by atoms with E-state index in [0.29, 0.717) is 12.1 Å². The summed E-state index contributed by atoms with van der Waals surface area (Å²) >= 11 is 0. The fourth-order valence-corrected chi connectivity index (χ4v) is 1.60. The number of nitrogens with one attached hydrogen (secondary N) is 1. The first kappa shape index (κ1) is 15.0. The van der Waals surface area contributed by atoms with Crippen molar-refractivity contribution in [3.8, 4) is 0 Å². The Morgan fingerprint density at radius 3 is 2.47 bits per heavy atom. The van der Waals surface area contributed by atoms with Gasteiger partial charge in [0, 0.05) is 26.2 Å². The van der Waals surface area contributed by atoms with Crippen LogP contribution in [0.4, 0.5) is 0 Å². The van der Waals surface area contributed by atoms with Gasteiger partial charge < -0.3 is 21.2 Å². The molecule has 0 spiro atoms. The predicted molar refractivity (Wildman–Crippen MR) is 73.9 cm³/mol. The van der Waals surface area contributed by atoms with Crippen molar-refractivity contribution in [3.63, 3.8) is 0 Å². The van der Waals surface area contributed by atoms with Crippen molar-refractivity contribution >= 4 is 11.7 Å². The molecule has 0 aliphatic heterocycles. The Balaban J connectivity index is 2.57. The Morgan fingerprint density at radius 2 is 2.00 bits per heavy atom. The fraction of sp³-hybridized carbons (Fsp3) is 0.385. The molecule has 1 rings (SSSR count). The van der Waals surface area contributed by atoms with Crippen molar-refractivity contribution in [3.05, 3.63) is 35.4 Å². The molecule has 6 nitrogen and oxygen atoms in total. The van der Waals surface area contributed by atoms with Crippen molar-refractivity contribution in [1.82, 2.24) is 10.2 Å². The SMILES string of the molecule is CC(NCc1ccc(C(N)=NO)cc1)C(=O)N(C)C. The van der Waals surface area contributed by atoms with E-state index in [1.54, 1.807) is 31.1 Å². The third-order valence-electron chi connectivity index (χ3n) is 2.78. The lowest BCUT2D eigenvalue weighted by atomic mass is 10.1. The highest BCUT2D eigenvalue weighted by molar-refractivity contribution is 5.96. The first-order chi connectivity index (χ1) is 8.95. The highest BCUT2D eigenvalue weighted by Gasteiger charge is 2.13. The Kier molecular flexibility index (Phi) is 5.32. The zero-order valence-corrected chi connectivity index (χ0v) is 11.4. The molecule has 1 aromatic rings. The van der Waals surface area contributed by atoms with Crippen molar-refractivity contribution in [2.24, 2.45) is 10.9 Å². The second-order valence-electron chi connectivity index (χ2n) is 4.52. The standard InChI is InChI=1S/C13H20N4O2/c1-9(13(18)17(2)3)15-8-10-4-6-11(7-5-10)12(14)16-19/h4-7,9,15,19H,8H2,1-3H3,(H2,14,16). The third kappa shape index (κ3) is 4.26. The van der Waals surface area contributed by atoms with Gasteiger partial charge in [-0.1, -0.05) is 29.4 Å². The number of carbonyl (C=O) groups is 1. The molecule has 0 fully saturated rings. The van der Waals surface area contributed by atoms with E-state index >= 15 is 0 Å². The van der Waals surface area contributed by atoms with Gasteiger partial charge >= 0.3 is 0 Å². The topological polar surface area (TPSA) is 91.0 Å². The number of hydrogen-bond donors (Lipinski definition) is 3. The molecule has 1 unspecified atom stereocenters. The Morgan fingerprint density at radius 1 is 1.42 bits per heavy atom. The zero-order valence-electron chi connectivity index (χ0n) is 11.4. The number of amidine groups is 1. The molecule has 19 heavy (non-hydrogen) atoms. The molecule has 0 saturated carbocycles. The van der Waals surface area contributed by atoms with Gasteiger partial charge in [0.05, 0.1) is 6.04 Å². The molecule has 0 aromatic heterocycles. The lowest BCUT2D eigenvalue weighted by Gasteiger charge is -2.18. The summed E-state index contributed by atoms with van der Waals surface area (Å²) in [7, 11) is 3.46. The van der Waals surface area contributed by atoms with Gasteiger partial charge in [0.2, 0.25) is 5.91 Å². The minimum atomic E-state index is -0.237. The van der Waals surface area contributed by atoms with Crippen LogP contribution in [0.25, 0.3) is 0 Å². The zero-order chi connectivity index (χ0) is 14.4. The molecule has 104 valence electrons. The van der Waals surface area contributed by atoms with Crippen molar-refractivity contribution in [2.75, 3.05) is 14.1 Å². The smallest absolute Gasteiger partial charge is 0.238 e. The molecule has 0 radical (unpaired) electrons. The first-order valence-corrected chi connectivity index (χ1v) is 5.97. The summed E-state index contributed by atoms with van der Waals surface area (Å²) in [4.78, 5) is 13.2. The summed E-state index contributed by atoms with van der Waals surface area (Å²) in [5, 5.41) is 14.6. The molecule has 1 amide bonds. The Labute approximate surface area is 112 Å². The summed E-state index contributed by atoms with van der Waals surface area (Å²) in [6.45, 7) is 2.41. The number of nitrogens with two attached hydrogens (primary N) is 1. The van der Waals surface area contributed by atoms with Crippen LogP contribution in [0.1, 0.15) is 18.1 Å². The number of likely N-dealkylation sites (N-methyl/N-ethyl adjacent to an activating group) is 1. The van der Waals surface area contributed by atoms with Gasteiger partial charge in [0.1, 0.15) is 0 Å². The maximum absolute atomic E-state index is 11.6. The molecule has 4 N–H and O–H groups in total. The van der Waals surface area contributed by atoms with Crippen LogP contribution in [0.15, 0.2) is 29.4 Å².